The van der Waals surface area contributed by atoms with Crippen LogP contribution >= 0.6 is 0 Å². The number of anilines is 3. The molecule has 2 aliphatic carbocycles. The number of nitrogens with one attached hydrogen (secondary N) is 2. The fraction of sp³-hybridized carbons (Fsp3) is 0.481. The molecule has 0 saturated heterocycles. The van der Waals surface area contributed by atoms with E-state index in [9.17, 15) is 4.79 Å². The van der Waals surface area contributed by atoms with Gasteiger partial charge < -0.3 is 24.5 Å². The summed E-state index contributed by atoms with van der Waals surface area (Å²) in [5.41, 5.74) is 1.77. The number of pyridine rings is 1. The molecule has 2 heterocycles. The van der Waals surface area contributed by atoms with E-state index in [-0.39, 0.29) is 18.0 Å². The van der Waals surface area contributed by atoms with E-state index in [4.69, 9.17) is 13.9 Å². The quantitative estimate of drug-likeness (QED) is 0.345. The third-order valence-electron chi connectivity index (χ3n) is 7.09. The maximum absolute atomic E-state index is 12.5. The molecule has 1 spiro atoms. The molecule has 0 unspecified atom stereocenters. The molecule has 9 heteroatoms. The number of para-hydroxylation sites is 1. The van der Waals surface area contributed by atoms with Gasteiger partial charge in [0.1, 0.15) is 6.10 Å². The second kappa shape index (κ2) is 11.1. The molecule has 5 rings (SSSR count). The average molecular weight is 492 g/mol. The molecule has 2 N–H and O–H groups in total. The molecule has 0 bridgehead atoms. The van der Waals surface area contributed by atoms with Crippen LogP contribution in [0.25, 0.3) is 0 Å². The smallest absolute Gasteiger partial charge is 0.320 e. The number of hydrogen-bond donors (Lipinski definition) is 2. The minimum Gasteiger partial charge on any atom is -0.474 e. The molecule has 2 aliphatic rings. The number of carbonyl (C=O) groups is 1. The summed E-state index contributed by atoms with van der Waals surface area (Å²) >= 11 is 0. The van der Waals surface area contributed by atoms with E-state index in [1.807, 2.05) is 30.3 Å². The van der Waals surface area contributed by atoms with E-state index < -0.39 is 5.91 Å². The molecule has 9 nitrogen and oxygen atoms in total. The molecule has 1 aromatic carbocycles. The Kier molecular flexibility index (Phi) is 7.46. The van der Waals surface area contributed by atoms with Crippen molar-refractivity contribution in [2.45, 2.75) is 70.5 Å². The Morgan fingerprint density at radius 3 is 2.58 bits per heavy atom. The van der Waals surface area contributed by atoms with Gasteiger partial charge in [-0.2, -0.15) is 0 Å². The first-order chi connectivity index (χ1) is 17.6. The van der Waals surface area contributed by atoms with Gasteiger partial charge in [-0.25, -0.2) is 4.98 Å². The SMILES string of the molecule is CCCCOC1CC2(CCC(Oc3ccc(NC(=O)c4nnc(Nc5ccccc5)o4)cn3)CC2)C1. The molecule has 0 aliphatic heterocycles. The Balaban J connectivity index is 1.05. The van der Waals surface area contributed by atoms with Crippen molar-refractivity contribution < 1.29 is 18.7 Å². The zero-order valence-electron chi connectivity index (χ0n) is 20.6. The van der Waals surface area contributed by atoms with Crippen molar-refractivity contribution in [2.24, 2.45) is 5.41 Å². The lowest BCUT2D eigenvalue weighted by molar-refractivity contribution is -0.106. The summed E-state index contributed by atoms with van der Waals surface area (Å²) in [7, 11) is 0. The Bertz CT molecular complexity index is 1120. The first-order valence-electron chi connectivity index (χ1n) is 12.8. The van der Waals surface area contributed by atoms with Gasteiger partial charge >= 0.3 is 17.8 Å². The average Bonchev–Trinajstić information content (AvgIpc) is 3.35. The predicted octanol–water partition coefficient (Wildman–Crippen LogP) is 5.75. The van der Waals surface area contributed by atoms with Crippen molar-refractivity contribution in [3.63, 3.8) is 0 Å². The molecule has 2 fully saturated rings. The number of hydrogen-bond acceptors (Lipinski definition) is 8. The van der Waals surface area contributed by atoms with Crippen LogP contribution in [0, 0.1) is 5.41 Å². The maximum atomic E-state index is 12.5. The molecule has 36 heavy (non-hydrogen) atoms. The van der Waals surface area contributed by atoms with E-state index >= 15 is 0 Å². The standard InChI is InChI=1S/C27H33N5O4/c1-2-3-15-34-22-16-27(17-22)13-11-21(12-14-27)35-23-10-9-20(18-28-23)29-24(33)25-31-32-26(36-25)30-19-7-5-4-6-8-19/h4-10,18,21-22H,2-3,11-17H2,1H3,(H,29,33)(H,30,32). The highest BCUT2D eigenvalue weighted by Gasteiger charge is 2.46. The van der Waals surface area contributed by atoms with Crippen LogP contribution in [-0.2, 0) is 4.74 Å². The minimum absolute atomic E-state index is 0.140. The monoisotopic (exact) mass is 491 g/mol. The fourth-order valence-corrected chi connectivity index (χ4v) is 5.04. The van der Waals surface area contributed by atoms with Gasteiger partial charge in [-0.15, -0.1) is 5.10 Å². The third-order valence-corrected chi connectivity index (χ3v) is 7.09. The van der Waals surface area contributed by atoms with Gasteiger partial charge in [-0.1, -0.05) is 36.6 Å². The lowest BCUT2D eigenvalue weighted by atomic mass is 9.59. The summed E-state index contributed by atoms with van der Waals surface area (Å²) in [4.78, 5) is 16.8. The van der Waals surface area contributed by atoms with Crippen LogP contribution in [0.5, 0.6) is 5.88 Å². The van der Waals surface area contributed by atoms with E-state index in [2.05, 4.69) is 32.7 Å². The summed E-state index contributed by atoms with van der Waals surface area (Å²) in [6.07, 6.45) is 11.4. The molecule has 2 saturated carbocycles. The second-order valence-corrected chi connectivity index (χ2v) is 9.81. The Morgan fingerprint density at radius 1 is 1.06 bits per heavy atom. The lowest BCUT2D eigenvalue weighted by Crippen LogP contribution is -2.46. The zero-order chi connectivity index (χ0) is 24.8. The number of ether oxygens (including phenoxy) is 2. The number of nitrogens with zero attached hydrogens (tertiary/aromatic N) is 3. The van der Waals surface area contributed by atoms with Crippen LogP contribution in [0.3, 0.4) is 0 Å². The van der Waals surface area contributed by atoms with Gasteiger partial charge in [-0.3, -0.25) is 4.79 Å². The molecule has 2 aromatic heterocycles. The third kappa shape index (κ3) is 6.02. The number of aromatic nitrogens is 3. The zero-order valence-corrected chi connectivity index (χ0v) is 20.6. The number of carbonyl (C=O) groups excluding carboxylic acids is 1. The topological polar surface area (TPSA) is 111 Å². The Labute approximate surface area is 211 Å². The molecular weight excluding hydrogens is 458 g/mol. The van der Waals surface area contributed by atoms with Crippen LogP contribution in [0.1, 0.15) is 69.0 Å². The second-order valence-electron chi connectivity index (χ2n) is 9.81. The van der Waals surface area contributed by atoms with Gasteiger partial charge in [0.15, 0.2) is 0 Å². The van der Waals surface area contributed by atoms with Gasteiger partial charge in [0.25, 0.3) is 0 Å². The highest BCUT2D eigenvalue weighted by Crippen LogP contribution is 2.53. The molecule has 3 aromatic rings. The molecule has 190 valence electrons. The Morgan fingerprint density at radius 2 is 1.86 bits per heavy atom. The van der Waals surface area contributed by atoms with Crippen LogP contribution in [0.2, 0.25) is 0 Å². The molecule has 0 radical (unpaired) electrons. The summed E-state index contributed by atoms with van der Waals surface area (Å²) < 4.78 is 17.5. The highest BCUT2D eigenvalue weighted by molar-refractivity contribution is 6.00. The Hall–Kier alpha value is -3.46. The van der Waals surface area contributed by atoms with E-state index in [0.29, 0.717) is 23.1 Å². The fourth-order valence-electron chi connectivity index (χ4n) is 5.04. The van der Waals surface area contributed by atoms with E-state index in [1.54, 1.807) is 18.3 Å². The molecule has 1 amide bonds. The van der Waals surface area contributed by atoms with Crippen LogP contribution in [0.4, 0.5) is 17.4 Å². The number of rotatable bonds is 10. The normalized spacial score (nSPS) is 23.1. The number of amides is 1. The van der Waals surface area contributed by atoms with E-state index in [0.717, 1.165) is 31.6 Å². The summed E-state index contributed by atoms with van der Waals surface area (Å²) in [5, 5.41) is 13.3. The van der Waals surface area contributed by atoms with Crippen molar-refractivity contribution in [1.29, 1.82) is 0 Å². The summed E-state index contributed by atoms with van der Waals surface area (Å²) in [5.74, 6) is -0.0801. The summed E-state index contributed by atoms with van der Waals surface area (Å²) in [6, 6.07) is 13.1. The predicted molar refractivity (Wildman–Crippen MR) is 135 cm³/mol. The van der Waals surface area contributed by atoms with Crippen molar-refractivity contribution in [2.75, 3.05) is 17.2 Å². The minimum atomic E-state index is -0.505. The summed E-state index contributed by atoms with van der Waals surface area (Å²) in [6.45, 7) is 3.09. The highest BCUT2D eigenvalue weighted by atomic mass is 16.5. The van der Waals surface area contributed by atoms with Crippen LogP contribution in [-0.4, -0.2) is 39.9 Å². The molecule has 0 atom stereocenters. The van der Waals surface area contributed by atoms with Gasteiger partial charge in [0, 0.05) is 18.4 Å². The van der Waals surface area contributed by atoms with Crippen molar-refractivity contribution >= 4 is 23.3 Å². The van der Waals surface area contributed by atoms with Crippen molar-refractivity contribution in [3.8, 4) is 5.88 Å². The van der Waals surface area contributed by atoms with Gasteiger partial charge in [0.05, 0.1) is 18.0 Å². The number of benzene rings is 1. The van der Waals surface area contributed by atoms with Crippen LogP contribution < -0.4 is 15.4 Å². The molecular formula is C27H33N5O4. The lowest BCUT2D eigenvalue weighted by Gasteiger charge is -2.51. The maximum Gasteiger partial charge on any atom is 0.320 e. The first-order valence-corrected chi connectivity index (χ1v) is 12.8. The van der Waals surface area contributed by atoms with E-state index in [1.165, 1.54) is 32.1 Å². The van der Waals surface area contributed by atoms with Crippen LogP contribution in [0.15, 0.2) is 53.1 Å². The van der Waals surface area contributed by atoms with Gasteiger partial charge in [-0.05, 0) is 68.6 Å². The first kappa shape index (κ1) is 24.2. The van der Waals surface area contributed by atoms with Crippen molar-refractivity contribution in [1.82, 2.24) is 15.2 Å². The largest absolute Gasteiger partial charge is 0.474 e. The van der Waals surface area contributed by atoms with Gasteiger partial charge in [0.2, 0.25) is 5.88 Å². The number of unbranched alkanes of at least 4 members (excludes halogenated alkanes) is 1. The van der Waals surface area contributed by atoms with Crippen molar-refractivity contribution in [3.05, 3.63) is 54.6 Å².